The van der Waals surface area contributed by atoms with Crippen molar-refractivity contribution in [3.63, 3.8) is 0 Å². The number of rotatable bonds is 5. The number of amides is 1. The predicted octanol–water partition coefficient (Wildman–Crippen LogP) is 3.16. The van der Waals surface area contributed by atoms with E-state index in [1.807, 2.05) is 6.92 Å². The second-order valence-corrected chi connectivity index (χ2v) is 7.60. The summed E-state index contributed by atoms with van der Waals surface area (Å²) in [6, 6.07) is 2.06. The second-order valence-electron chi connectivity index (χ2n) is 5.07. The zero-order valence-corrected chi connectivity index (χ0v) is 14.7. The Hall–Kier alpha value is -1.65. The lowest BCUT2D eigenvalue weighted by Crippen LogP contribution is -2.33. The molecule has 1 atom stereocenters. The van der Waals surface area contributed by atoms with Gasteiger partial charge in [0, 0.05) is 23.9 Å². The van der Waals surface area contributed by atoms with Crippen LogP contribution in [0.3, 0.4) is 0 Å². The van der Waals surface area contributed by atoms with Crippen molar-refractivity contribution in [1.82, 2.24) is 14.9 Å². The van der Waals surface area contributed by atoms with E-state index in [0.717, 1.165) is 15.2 Å². The van der Waals surface area contributed by atoms with Crippen LogP contribution >= 0.6 is 23.1 Å². The van der Waals surface area contributed by atoms with E-state index in [4.69, 9.17) is 5.26 Å². The van der Waals surface area contributed by atoms with Crippen LogP contribution in [0, 0.1) is 25.2 Å². The Kier molecular flexibility index (Phi) is 5.37. The number of nitrogens with zero attached hydrogens (tertiary/aromatic N) is 4. The van der Waals surface area contributed by atoms with E-state index >= 15 is 0 Å². The fourth-order valence-corrected chi connectivity index (χ4v) is 4.25. The first kappa shape index (κ1) is 16.7. The SMILES string of the molecule is Cc1sc2ncnc(S[C@@H](C)C(=O)N(C)CCC#N)c2c1C. The van der Waals surface area contributed by atoms with Gasteiger partial charge in [-0.2, -0.15) is 5.26 Å². The number of aromatic nitrogens is 2. The summed E-state index contributed by atoms with van der Waals surface area (Å²) in [7, 11) is 1.73. The normalized spacial score (nSPS) is 12.1. The smallest absolute Gasteiger partial charge is 0.235 e. The van der Waals surface area contributed by atoms with Gasteiger partial charge in [-0.1, -0.05) is 11.8 Å². The molecule has 2 aromatic heterocycles. The first-order valence-corrected chi connectivity index (χ1v) is 8.64. The fraction of sp³-hybridized carbons (Fsp3) is 0.467. The zero-order chi connectivity index (χ0) is 16.3. The highest BCUT2D eigenvalue weighted by molar-refractivity contribution is 8.00. The van der Waals surface area contributed by atoms with Crippen LogP contribution in [0.2, 0.25) is 0 Å². The third-order valence-corrected chi connectivity index (χ3v) is 5.71. The van der Waals surface area contributed by atoms with E-state index in [1.54, 1.807) is 29.6 Å². The van der Waals surface area contributed by atoms with Gasteiger partial charge in [-0.05, 0) is 26.3 Å². The molecule has 2 aromatic rings. The number of carbonyl (C=O) groups excluding carboxylic acids is 1. The summed E-state index contributed by atoms with van der Waals surface area (Å²) in [6.45, 7) is 6.46. The van der Waals surface area contributed by atoms with Gasteiger partial charge in [-0.25, -0.2) is 9.97 Å². The van der Waals surface area contributed by atoms with E-state index in [9.17, 15) is 4.79 Å². The standard InChI is InChI=1S/C15H18N4OS2/c1-9-10(2)21-13-12(9)14(18-8-17-13)22-11(3)15(20)19(4)7-5-6-16/h8,11H,5,7H2,1-4H3/t11-/m0/s1. The van der Waals surface area contributed by atoms with Crippen molar-refractivity contribution in [2.75, 3.05) is 13.6 Å². The number of aryl methyl sites for hydroxylation is 2. The van der Waals surface area contributed by atoms with Gasteiger partial charge in [0.2, 0.25) is 5.91 Å². The third-order valence-electron chi connectivity index (χ3n) is 3.50. The lowest BCUT2D eigenvalue weighted by molar-refractivity contribution is -0.128. The summed E-state index contributed by atoms with van der Waals surface area (Å²) in [5.41, 5.74) is 1.18. The van der Waals surface area contributed by atoms with Crippen molar-refractivity contribution < 1.29 is 4.79 Å². The Morgan fingerprint density at radius 3 is 2.91 bits per heavy atom. The van der Waals surface area contributed by atoms with E-state index < -0.39 is 0 Å². The molecule has 0 aliphatic carbocycles. The Morgan fingerprint density at radius 1 is 1.50 bits per heavy atom. The second kappa shape index (κ2) is 7.07. The molecule has 2 rings (SSSR count). The molecule has 0 saturated carbocycles. The first-order chi connectivity index (χ1) is 10.5. The molecule has 22 heavy (non-hydrogen) atoms. The minimum Gasteiger partial charge on any atom is -0.344 e. The summed E-state index contributed by atoms with van der Waals surface area (Å²) in [5, 5.41) is 10.3. The Bertz CT molecular complexity index is 735. The predicted molar refractivity (Wildman–Crippen MR) is 90.1 cm³/mol. The number of fused-ring (bicyclic) bond motifs is 1. The van der Waals surface area contributed by atoms with E-state index in [0.29, 0.717) is 13.0 Å². The van der Waals surface area contributed by atoms with Gasteiger partial charge in [-0.15, -0.1) is 11.3 Å². The molecular weight excluding hydrogens is 316 g/mol. The van der Waals surface area contributed by atoms with Crippen LogP contribution in [0.15, 0.2) is 11.4 Å². The Morgan fingerprint density at radius 2 is 2.23 bits per heavy atom. The largest absolute Gasteiger partial charge is 0.344 e. The molecule has 0 radical (unpaired) electrons. The lowest BCUT2D eigenvalue weighted by atomic mass is 10.2. The third kappa shape index (κ3) is 3.39. The zero-order valence-electron chi connectivity index (χ0n) is 13.1. The van der Waals surface area contributed by atoms with Gasteiger partial charge in [0.15, 0.2) is 0 Å². The molecule has 0 saturated heterocycles. The molecule has 0 unspecified atom stereocenters. The molecule has 5 nitrogen and oxygen atoms in total. The average molecular weight is 334 g/mol. The van der Waals surface area contributed by atoms with Crippen LogP contribution in [0.5, 0.6) is 0 Å². The molecule has 7 heteroatoms. The summed E-state index contributed by atoms with van der Waals surface area (Å²) in [4.78, 5) is 24.8. The molecule has 0 aliphatic rings. The van der Waals surface area contributed by atoms with Crippen LogP contribution in [0.1, 0.15) is 23.8 Å². The van der Waals surface area contributed by atoms with Gasteiger partial charge < -0.3 is 4.90 Å². The van der Waals surface area contributed by atoms with Crippen molar-refractivity contribution >= 4 is 39.2 Å². The summed E-state index contributed by atoms with van der Waals surface area (Å²) >= 11 is 3.10. The molecule has 0 N–H and O–H groups in total. The molecule has 0 spiro atoms. The van der Waals surface area contributed by atoms with Crippen LogP contribution in [0.4, 0.5) is 0 Å². The minimum atomic E-state index is -0.249. The minimum absolute atomic E-state index is 0.0108. The maximum absolute atomic E-state index is 12.3. The van der Waals surface area contributed by atoms with Gasteiger partial charge in [0.1, 0.15) is 16.2 Å². The fourth-order valence-electron chi connectivity index (χ4n) is 2.10. The highest BCUT2D eigenvalue weighted by atomic mass is 32.2. The van der Waals surface area contributed by atoms with Gasteiger partial charge in [0.05, 0.1) is 17.7 Å². The summed E-state index contributed by atoms with van der Waals surface area (Å²) < 4.78 is 0. The molecular formula is C15H18N4OS2. The average Bonchev–Trinajstić information content (AvgIpc) is 2.79. The summed E-state index contributed by atoms with van der Waals surface area (Å²) in [6.07, 6.45) is 1.90. The molecule has 0 aliphatic heterocycles. The van der Waals surface area contributed by atoms with Crippen LogP contribution in [0.25, 0.3) is 10.2 Å². The Labute approximate surface area is 138 Å². The van der Waals surface area contributed by atoms with Crippen molar-refractivity contribution in [3.8, 4) is 6.07 Å². The molecule has 0 fully saturated rings. The van der Waals surface area contributed by atoms with E-state index in [2.05, 4.69) is 29.9 Å². The number of hydrogen-bond acceptors (Lipinski definition) is 6. The van der Waals surface area contributed by atoms with Gasteiger partial charge >= 0.3 is 0 Å². The highest BCUT2D eigenvalue weighted by Gasteiger charge is 2.21. The van der Waals surface area contributed by atoms with Crippen molar-refractivity contribution in [2.45, 2.75) is 37.5 Å². The van der Waals surface area contributed by atoms with Crippen LogP contribution < -0.4 is 0 Å². The molecule has 0 bridgehead atoms. The number of thioether (sulfide) groups is 1. The van der Waals surface area contributed by atoms with E-state index in [-0.39, 0.29) is 11.2 Å². The number of carbonyl (C=O) groups is 1. The van der Waals surface area contributed by atoms with Gasteiger partial charge in [-0.3, -0.25) is 4.79 Å². The monoisotopic (exact) mass is 334 g/mol. The van der Waals surface area contributed by atoms with E-state index in [1.165, 1.54) is 22.2 Å². The molecule has 0 aromatic carbocycles. The van der Waals surface area contributed by atoms with Gasteiger partial charge in [0.25, 0.3) is 0 Å². The quantitative estimate of drug-likeness (QED) is 0.620. The summed E-state index contributed by atoms with van der Waals surface area (Å²) in [5.74, 6) is 0.0108. The Balaban J connectivity index is 2.20. The maximum Gasteiger partial charge on any atom is 0.235 e. The lowest BCUT2D eigenvalue weighted by Gasteiger charge is -2.19. The molecule has 1 amide bonds. The van der Waals surface area contributed by atoms with Crippen LogP contribution in [-0.4, -0.2) is 39.6 Å². The number of thiophene rings is 1. The van der Waals surface area contributed by atoms with Crippen LogP contribution in [-0.2, 0) is 4.79 Å². The molecule has 2 heterocycles. The highest BCUT2D eigenvalue weighted by Crippen LogP contribution is 2.36. The van der Waals surface area contributed by atoms with Crippen molar-refractivity contribution in [1.29, 1.82) is 5.26 Å². The molecule has 116 valence electrons. The maximum atomic E-state index is 12.3. The topological polar surface area (TPSA) is 69.9 Å². The first-order valence-electron chi connectivity index (χ1n) is 6.95. The number of nitriles is 1. The van der Waals surface area contributed by atoms with Crippen molar-refractivity contribution in [2.24, 2.45) is 0 Å². The van der Waals surface area contributed by atoms with Crippen molar-refractivity contribution in [3.05, 3.63) is 16.8 Å². The number of hydrogen-bond donors (Lipinski definition) is 0.